The molecule has 19 heavy (non-hydrogen) atoms. The number of thiophene rings is 1. The number of likely N-dealkylation sites (tertiary alicyclic amines) is 1. The summed E-state index contributed by atoms with van der Waals surface area (Å²) in [6.45, 7) is 2.44. The third-order valence-corrected chi connectivity index (χ3v) is 4.16. The second-order valence-electron chi connectivity index (χ2n) is 4.77. The minimum atomic E-state index is 0.150. The van der Waals surface area contributed by atoms with Crippen molar-refractivity contribution in [2.45, 2.75) is 19.4 Å². The van der Waals surface area contributed by atoms with Gasteiger partial charge in [0.1, 0.15) is 6.29 Å². The number of carbonyl (C=O) groups excluding carboxylic acids is 1. The van der Waals surface area contributed by atoms with Gasteiger partial charge in [0.25, 0.3) is 5.89 Å². The van der Waals surface area contributed by atoms with Gasteiger partial charge in [0.2, 0.25) is 0 Å². The van der Waals surface area contributed by atoms with Crippen molar-refractivity contribution in [3.05, 3.63) is 23.3 Å². The Morgan fingerprint density at radius 3 is 3.32 bits per heavy atom. The van der Waals surface area contributed by atoms with Crippen LogP contribution >= 0.6 is 11.3 Å². The second kappa shape index (κ2) is 5.63. The summed E-state index contributed by atoms with van der Waals surface area (Å²) in [5.74, 6) is 1.42. The van der Waals surface area contributed by atoms with Gasteiger partial charge in [-0.1, -0.05) is 11.2 Å². The minimum absolute atomic E-state index is 0.150. The number of hydrogen-bond acceptors (Lipinski definition) is 6. The summed E-state index contributed by atoms with van der Waals surface area (Å²) >= 11 is 1.58. The zero-order valence-electron chi connectivity index (χ0n) is 10.5. The molecule has 0 N–H and O–H groups in total. The SMILES string of the molecule is O=CC1CCCN(Cc2noc(-c3cccs3)n2)C1. The Kier molecular flexibility index (Phi) is 3.70. The number of nitrogens with zero attached hydrogens (tertiary/aromatic N) is 3. The Morgan fingerprint density at radius 2 is 2.53 bits per heavy atom. The molecule has 0 saturated carbocycles. The fraction of sp³-hybridized carbons (Fsp3) is 0.462. The van der Waals surface area contributed by atoms with E-state index in [-0.39, 0.29) is 5.92 Å². The molecule has 2 aromatic heterocycles. The van der Waals surface area contributed by atoms with Gasteiger partial charge in [-0.05, 0) is 30.8 Å². The van der Waals surface area contributed by atoms with Crippen LogP contribution in [-0.2, 0) is 11.3 Å². The Morgan fingerprint density at radius 1 is 1.58 bits per heavy atom. The predicted octanol–water partition coefficient (Wildman–Crippen LogP) is 2.21. The molecule has 1 fully saturated rings. The molecular weight excluding hydrogens is 262 g/mol. The number of aldehydes is 1. The van der Waals surface area contributed by atoms with Gasteiger partial charge in [-0.2, -0.15) is 4.98 Å². The molecule has 0 radical (unpaired) electrons. The van der Waals surface area contributed by atoms with Crippen molar-refractivity contribution in [1.29, 1.82) is 0 Å². The van der Waals surface area contributed by atoms with Gasteiger partial charge < -0.3 is 9.32 Å². The molecule has 1 aliphatic rings. The van der Waals surface area contributed by atoms with Gasteiger partial charge in [0.15, 0.2) is 5.82 Å². The highest BCUT2D eigenvalue weighted by atomic mass is 32.1. The van der Waals surface area contributed by atoms with Crippen molar-refractivity contribution in [2.24, 2.45) is 5.92 Å². The van der Waals surface area contributed by atoms with Crippen LogP contribution in [-0.4, -0.2) is 34.4 Å². The largest absolute Gasteiger partial charge is 0.333 e. The first-order chi connectivity index (χ1) is 9.35. The molecule has 1 unspecified atom stereocenters. The van der Waals surface area contributed by atoms with Crippen molar-refractivity contribution in [2.75, 3.05) is 13.1 Å². The van der Waals surface area contributed by atoms with Crippen molar-refractivity contribution < 1.29 is 9.32 Å². The molecule has 5 nitrogen and oxygen atoms in total. The Labute approximate surface area is 115 Å². The summed E-state index contributed by atoms with van der Waals surface area (Å²) in [6, 6.07) is 3.93. The first-order valence-corrected chi connectivity index (χ1v) is 7.27. The van der Waals surface area contributed by atoms with E-state index >= 15 is 0 Å². The van der Waals surface area contributed by atoms with Gasteiger partial charge in [0.05, 0.1) is 11.4 Å². The molecule has 0 amide bonds. The summed E-state index contributed by atoms with van der Waals surface area (Å²) < 4.78 is 5.26. The van der Waals surface area contributed by atoms with Crippen LogP contribution in [0.4, 0.5) is 0 Å². The molecule has 1 saturated heterocycles. The first kappa shape index (κ1) is 12.5. The Bertz CT molecular complexity index is 538. The monoisotopic (exact) mass is 277 g/mol. The van der Waals surface area contributed by atoms with Gasteiger partial charge in [0, 0.05) is 12.5 Å². The Balaban J connectivity index is 1.65. The number of rotatable bonds is 4. The second-order valence-corrected chi connectivity index (χ2v) is 5.71. The van der Waals surface area contributed by atoms with Crippen LogP contribution < -0.4 is 0 Å². The lowest BCUT2D eigenvalue weighted by atomic mass is 10.00. The minimum Gasteiger partial charge on any atom is -0.333 e. The van der Waals surface area contributed by atoms with E-state index in [1.807, 2.05) is 17.5 Å². The van der Waals surface area contributed by atoms with Crippen LogP contribution in [0.15, 0.2) is 22.0 Å². The molecule has 100 valence electrons. The molecule has 1 atom stereocenters. The van der Waals surface area contributed by atoms with E-state index in [0.29, 0.717) is 18.3 Å². The van der Waals surface area contributed by atoms with E-state index in [4.69, 9.17) is 4.52 Å². The van der Waals surface area contributed by atoms with Crippen LogP contribution in [0.2, 0.25) is 0 Å². The predicted molar refractivity (Wildman–Crippen MR) is 71.7 cm³/mol. The van der Waals surface area contributed by atoms with Crippen LogP contribution in [0.3, 0.4) is 0 Å². The molecule has 3 rings (SSSR count). The Hall–Kier alpha value is -1.53. The van der Waals surface area contributed by atoms with Crippen molar-refractivity contribution >= 4 is 17.6 Å². The number of piperidine rings is 1. The molecular formula is C13H15N3O2S. The summed E-state index contributed by atoms with van der Waals surface area (Å²) in [5, 5.41) is 5.99. The van der Waals surface area contributed by atoms with E-state index in [0.717, 1.165) is 37.1 Å². The standard InChI is InChI=1S/C13H15N3O2S/c17-9-10-3-1-5-16(7-10)8-12-14-13(18-15-12)11-4-2-6-19-11/h2,4,6,9-10H,1,3,5,7-8H2. The lowest BCUT2D eigenvalue weighted by Gasteiger charge is -2.28. The average molecular weight is 277 g/mol. The van der Waals surface area contributed by atoms with E-state index in [1.54, 1.807) is 11.3 Å². The zero-order chi connectivity index (χ0) is 13.1. The van der Waals surface area contributed by atoms with Gasteiger partial charge in [-0.3, -0.25) is 4.90 Å². The van der Waals surface area contributed by atoms with E-state index in [2.05, 4.69) is 15.0 Å². The van der Waals surface area contributed by atoms with Gasteiger partial charge in [-0.15, -0.1) is 11.3 Å². The third kappa shape index (κ3) is 2.90. The normalized spacial score (nSPS) is 20.5. The molecule has 0 aromatic carbocycles. The van der Waals surface area contributed by atoms with Crippen molar-refractivity contribution in [3.8, 4) is 10.8 Å². The molecule has 1 aliphatic heterocycles. The molecule has 0 bridgehead atoms. The topological polar surface area (TPSA) is 59.2 Å². The van der Waals surface area contributed by atoms with Crippen LogP contribution in [0.5, 0.6) is 0 Å². The highest BCUT2D eigenvalue weighted by Gasteiger charge is 2.21. The summed E-state index contributed by atoms with van der Waals surface area (Å²) in [7, 11) is 0. The molecule has 0 aliphatic carbocycles. The lowest BCUT2D eigenvalue weighted by Crippen LogP contribution is -2.35. The van der Waals surface area contributed by atoms with Gasteiger partial charge >= 0.3 is 0 Å². The van der Waals surface area contributed by atoms with E-state index in [9.17, 15) is 4.79 Å². The number of hydrogen-bond donors (Lipinski definition) is 0. The fourth-order valence-corrected chi connectivity index (χ4v) is 3.01. The maximum atomic E-state index is 10.8. The number of carbonyl (C=O) groups is 1. The van der Waals surface area contributed by atoms with Crippen molar-refractivity contribution in [3.63, 3.8) is 0 Å². The molecule has 6 heteroatoms. The maximum Gasteiger partial charge on any atom is 0.268 e. The number of aromatic nitrogens is 2. The summed E-state index contributed by atoms with van der Waals surface area (Å²) in [6.07, 6.45) is 3.10. The summed E-state index contributed by atoms with van der Waals surface area (Å²) in [5.41, 5.74) is 0. The van der Waals surface area contributed by atoms with E-state index in [1.165, 1.54) is 0 Å². The third-order valence-electron chi connectivity index (χ3n) is 3.30. The van der Waals surface area contributed by atoms with Crippen molar-refractivity contribution in [1.82, 2.24) is 15.0 Å². The van der Waals surface area contributed by atoms with Crippen LogP contribution in [0.1, 0.15) is 18.7 Å². The first-order valence-electron chi connectivity index (χ1n) is 6.39. The molecule has 3 heterocycles. The smallest absolute Gasteiger partial charge is 0.268 e. The fourth-order valence-electron chi connectivity index (χ4n) is 2.36. The van der Waals surface area contributed by atoms with Crippen LogP contribution in [0, 0.1) is 5.92 Å². The van der Waals surface area contributed by atoms with Gasteiger partial charge in [-0.25, -0.2) is 0 Å². The lowest BCUT2D eigenvalue weighted by molar-refractivity contribution is -0.112. The average Bonchev–Trinajstić information content (AvgIpc) is 3.09. The quantitative estimate of drug-likeness (QED) is 0.802. The zero-order valence-corrected chi connectivity index (χ0v) is 11.3. The summed E-state index contributed by atoms with van der Waals surface area (Å²) in [4.78, 5) is 18.4. The highest BCUT2D eigenvalue weighted by molar-refractivity contribution is 7.13. The van der Waals surface area contributed by atoms with E-state index < -0.39 is 0 Å². The maximum absolute atomic E-state index is 10.8. The molecule has 2 aromatic rings. The van der Waals surface area contributed by atoms with Crippen LogP contribution in [0.25, 0.3) is 10.8 Å². The highest BCUT2D eigenvalue weighted by Crippen LogP contribution is 2.23. The molecule has 0 spiro atoms.